The van der Waals surface area contributed by atoms with Crippen LogP contribution >= 0.6 is 0 Å². The number of halogens is 2. The van der Waals surface area contributed by atoms with Gasteiger partial charge in [-0.25, -0.2) is 8.78 Å². The summed E-state index contributed by atoms with van der Waals surface area (Å²) in [6.07, 6.45) is -1.27. The van der Waals surface area contributed by atoms with E-state index in [-0.39, 0.29) is 17.9 Å². The number of alkyl halides is 2. The van der Waals surface area contributed by atoms with E-state index in [0.717, 1.165) is 0 Å². The van der Waals surface area contributed by atoms with Crippen molar-refractivity contribution in [1.29, 1.82) is 0 Å². The number of aromatic nitrogens is 2. The van der Waals surface area contributed by atoms with Crippen LogP contribution < -0.4 is 5.73 Å². The van der Waals surface area contributed by atoms with Crippen LogP contribution in [0.15, 0.2) is 6.20 Å². The van der Waals surface area contributed by atoms with Gasteiger partial charge in [-0.05, 0) is 0 Å². The van der Waals surface area contributed by atoms with E-state index >= 15 is 0 Å². The van der Waals surface area contributed by atoms with Crippen LogP contribution in [-0.4, -0.2) is 21.5 Å². The molecule has 0 bridgehead atoms. The van der Waals surface area contributed by atoms with E-state index in [1.165, 1.54) is 17.9 Å². The third-order valence-corrected chi connectivity index (χ3v) is 1.69. The second-order valence-corrected chi connectivity index (χ2v) is 2.73. The smallest absolute Gasteiger partial charge is 0.282 e. The average molecular weight is 191 g/mol. The van der Waals surface area contributed by atoms with Gasteiger partial charge >= 0.3 is 0 Å². The summed E-state index contributed by atoms with van der Waals surface area (Å²) in [4.78, 5) is 0. The van der Waals surface area contributed by atoms with Crippen LogP contribution in [0.3, 0.4) is 0 Å². The molecular weight excluding hydrogens is 180 g/mol. The summed E-state index contributed by atoms with van der Waals surface area (Å²) >= 11 is 0. The molecule has 0 aliphatic heterocycles. The molecule has 1 atom stereocenters. The molecule has 0 aliphatic rings. The van der Waals surface area contributed by atoms with Crippen molar-refractivity contribution in [3.05, 3.63) is 17.5 Å². The number of hydrogen-bond donors (Lipinski definition) is 2. The molecule has 4 nitrogen and oxygen atoms in total. The van der Waals surface area contributed by atoms with Crippen LogP contribution in [0.5, 0.6) is 0 Å². The highest BCUT2D eigenvalue weighted by Gasteiger charge is 2.21. The molecule has 1 rings (SSSR count). The van der Waals surface area contributed by atoms with Gasteiger partial charge in [0.1, 0.15) is 5.69 Å². The number of aryl methyl sites for hydroxylation is 1. The Hall–Kier alpha value is -1.01. The van der Waals surface area contributed by atoms with E-state index in [1.54, 1.807) is 0 Å². The van der Waals surface area contributed by atoms with Crippen molar-refractivity contribution in [2.75, 3.05) is 6.61 Å². The first-order chi connectivity index (χ1) is 6.06. The minimum absolute atomic E-state index is 0.194. The van der Waals surface area contributed by atoms with Crippen LogP contribution in [-0.2, 0) is 7.05 Å². The second-order valence-electron chi connectivity index (χ2n) is 2.73. The quantitative estimate of drug-likeness (QED) is 0.724. The predicted octanol–water partition coefficient (Wildman–Crippen LogP) is 0.350. The van der Waals surface area contributed by atoms with Gasteiger partial charge in [-0.15, -0.1) is 0 Å². The molecule has 1 aromatic rings. The van der Waals surface area contributed by atoms with E-state index in [2.05, 4.69) is 5.10 Å². The predicted molar refractivity (Wildman–Crippen MR) is 42.2 cm³/mol. The van der Waals surface area contributed by atoms with Gasteiger partial charge in [0, 0.05) is 18.8 Å². The van der Waals surface area contributed by atoms with E-state index in [1.807, 2.05) is 0 Å². The molecule has 74 valence electrons. The van der Waals surface area contributed by atoms with Crippen LogP contribution in [0.2, 0.25) is 0 Å². The van der Waals surface area contributed by atoms with Gasteiger partial charge in [-0.1, -0.05) is 0 Å². The fraction of sp³-hybridized carbons (Fsp3) is 0.571. The third-order valence-electron chi connectivity index (χ3n) is 1.69. The van der Waals surface area contributed by atoms with Crippen LogP contribution in [0.1, 0.15) is 23.7 Å². The van der Waals surface area contributed by atoms with Gasteiger partial charge in [-0.2, -0.15) is 5.10 Å². The molecule has 3 N–H and O–H groups in total. The van der Waals surface area contributed by atoms with Gasteiger partial charge in [0.15, 0.2) is 0 Å². The molecule has 0 saturated carbocycles. The van der Waals surface area contributed by atoms with E-state index in [9.17, 15) is 8.78 Å². The Morgan fingerprint density at radius 1 is 1.69 bits per heavy atom. The Morgan fingerprint density at radius 2 is 2.31 bits per heavy atom. The Kier molecular flexibility index (Phi) is 2.94. The van der Waals surface area contributed by atoms with E-state index in [4.69, 9.17) is 10.8 Å². The molecule has 1 unspecified atom stereocenters. The van der Waals surface area contributed by atoms with Crippen LogP contribution in [0.4, 0.5) is 8.78 Å². The third kappa shape index (κ3) is 2.02. The zero-order valence-corrected chi connectivity index (χ0v) is 7.11. The Bertz CT molecular complexity index is 287. The van der Waals surface area contributed by atoms with Gasteiger partial charge in [0.2, 0.25) is 0 Å². The Balaban J connectivity index is 3.04. The van der Waals surface area contributed by atoms with Gasteiger partial charge in [0.25, 0.3) is 6.43 Å². The average Bonchev–Trinajstić information content (AvgIpc) is 2.46. The number of nitrogens with zero attached hydrogens (tertiary/aromatic N) is 2. The van der Waals surface area contributed by atoms with Crippen LogP contribution in [0.25, 0.3) is 0 Å². The van der Waals surface area contributed by atoms with Crippen molar-refractivity contribution in [2.45, 2.75) is 12.5 Å². The summed E-state index contributed by atoms with van der Waals surface area (Å²) in [6.45, 7) is -0.370. The summed E-state index contributed by atoms with van der Waals surface area (Å²) in [6, 6.07) is -0.794. The molecule has 0 saturated heterocycles. The normalized spacial score (nSPS) is 13.7. The molecule has 0 amide bonds. The number of nitrogens with two attached hydrogens (primary N) is 1. The number of aliphatic hydroxyl groups excluding tert-OH is 1. The lowest BCUT2D eigenvalue weighted by Crippen LogP contribution is -2.15. The van der Waals surface area contributed by atoms with Crippen LogP contribution in [0, 0.1) is 0 Å². The van der Waals surface area contributed by atoms with Crippen molar-refractivity contribution in [2.24, 2.45) is 12.8 Å². The summed E-state index contributed by atoms with van der Waals surface area (Å²) < 4.78 is 25.9. The summed E-state index contributed by atoms with van der Waals surface area (Å²) in [5, 5.41) is 12.3. The summed E-state index contributed by atoms with van der Waals surface area (Å²) in [5.41, 5.74) is 5.25. The molecule has 1 aromatic heterocycles. The number of aliphatic hydroxyl groups is 1. The van der Waals surface area contributed by atoms with E-state index < -0.39 is 12.5 Å². The number of hydrogen-bond acceptors (Lipinski definition) is 3. The van der Waals surface area contributed by atoms with Crippen molar-refractivity contribution in [1.82, 2.24) is 9.78 Å². The molecule has 0 radical (unpaired) electrons. The zero-order valence-electron chi connectivity index (χ0n) is 7.11. The molecule has 0 aliphatic carbocycles. The highest BCUT2D eigenvalue weighted by atomic mass is 19.3. The van der Waals surface area contributed by atoms with Crippen molar-refractivity contribution >= 4 is 0 Å². The Morgan fingerprint density at radius 3 is 2.77 bits per heavy atom. The lowest BCUT2D eigenvalue weighted by Gasteiger charge is -2.06. The first kappa shape index (κ1) is 10.1. The molecule has 13 heavy (non-hydrogen) atoms. The van der Waals surface area contributed by atoms with Gasteiger partial charge in [-0.3, -0.25) is 4.68 Å². The molecule has 0 aromatic carbocycles. The monoisotopic (exact) mass is 191 g/mol. The maximum atomic E-state index is 12.3. The summed E-state index contributed by atoms with van der Waals surface area (Å²) in [7, 11) is 1.53. The van der Waals surface area contributed by atoms with Gasteiger partial charge < -0.3 is 10.8 Å². The lowest BCUT2D eigenvalue weighted by molar-refractivity contribution is 0.142. The summed E-state index contributed by atoms with van der Waals surface area (Å²) in [5.74, 6) is 0. The molecular formula is C7H11F2N3O. The fourth-order valence-corrected chi connectivity index (χ4v) is 1.08. The van der Waals surface area contributed by atoms with E-state index in [0.29, 0.717) is 0 Å². The fourth-order valence-electron chi connectivity index (χ4n) is 1.08. The highest BCUT2D eigenvalue weighted by molar-refractivity contribution is 5.22. The minimum atomic E-state index is -2.66. The SMILES string of the molecule is Cn1cc(C(N)CO)c(C(F)F)n1. The molecule has 0 fully saturated rings. The van der Waals surface area contributed by atoms with Crippen molar-refractivity contribution in [3.8, 4) is 0 Å². The van der Waals surface area contributed by atoms with Gasteiger partial charge in [0.05, 0.1) is 12.6 Å². The second kappa shape index (κ2) is 3.80. The molecule has 6 heteroatoms. The minimum Gasteiger partial charge on any atom is -0.394 e. The van der Waals surface area contributed by atoms with Crippen molar-refractivity contribution in [3.63, 3.8) is 0 Å². The van der Waals surface area contributed by atoms with Crippen molar-refractivity contribution < 1.29 is 13.9 Å². The largest absolute Gasteiger partial charge is 0.394 e. The lowest BCUT2D eigenvalue weighted by atomic mass is 10.1. The zero-order chi connectivity index (χ0) is 10.0. The Labute approximate surface area is 74.0 Å². The molecule has 0 spiro atoms. The standard InChI is InChI=1S/C7H11F2N3O/c1-12-2-4(5(10)3-13)6(11-12)7(8)9/h2,5,7,13H,3,10H2,1H3. The number of rotatable bonds is 3. The molecule has 1 heterocycles. The highest BCUT2D eigenvalue weighted by Crippen LogP contribution is 2.24. The first-order valence-corrected chi connectivity index (χ1v) is 3.74. The maximum absolute atomic E-state index is 12.3. The topological polar surface area (TPSA) is 64.1 Å². The first-order valence-electron chi connectivity index (χ1n) is 3.74. The maximum Gasteiger partial charge on any atom is 0.282 e.